The largest absolute Gasteiger partial charge is 0.476 e. The first-order valence-corrected chi connectivity index (χ1v) is 4.87. The molecular formula is C11H15N3O. The highest BCUT2D eigenvalue weighted by atomic mass is 16.5. The number of aromatic nitrogens is 2. The Morgan fingerprint density at radius 1 is 1.47 bits per heavy atom. The van der Waals surface area contributed by atoms with E-state index in [1.165, 1.54) is 6.20 Å². The highest BCUT2D eigenvalue weighted by molar-refractivity contribution is 5.35. The smallest absolute Gasteiger partial charge is 0.251 e. The number of nitrogens with zero attached hydrogens (tertiary/aromatic N) is 3. The van der Waals surface area contributed by atoms with Crippen LogP contribution in [0.5, 0.6) is 5.88 Å². The molecule has 0 N–H and O–H groups in total. The maximum Gasteiger partial charge on any atom is 0.251 e. The van der Waals surface area contributed by atoms with Gasteiger partial charge in [0.25, 0.3) is 5.88 Å². The molecule has 1 rings (SSSR count). The number of ether oxygens (including phenoxy) is 1. The highest BCUT2D eigenvalue weighted by Crippen LogP contribution is 2.19. The van der Waals surface area contributed by atoms with E-state index in [1.54, 1.807) is 6.07 Å². The number of hydrogen-bond donors (Lipinski definition) is 0. The second-order valence-electron chi connectivity index (χ2n) is 4.52. The summed E-state index contributed by atoms with van der Waals surface area (Å²) in [6.07, 6.45) is 2.39. The predicted octanol–water partition coefficient (Wildman–Crippen LogP) is 2.16. The molecule has 0 aliphatic heterocycles. The monoisotopic (exact) mass is 205 g/mol. The Kier molecular flexibility index (Phi) is 3.62. The van der Waals surface area contributed by atoms with E-state index in [-0.39, 0.29) is 5.41 Å². The fourth-order valence-electron chi connectivity index (χ4n) is 0.964. The molecule has 1 heterocycles. The summed E-state index contributed by atoms with van der Waals surface area (Å²) in [5.74, 6) is 0.323. The van der Waals surface area contributed by atoms with E-state index in [0.29, 0.717) is 18.1 Å². The standard InChI is InChI=1S/C11H15N3O/c1-11(2,3)5-7-15-10-9(8-12)4-6-13-14-10/h4,6H,5,7H2,1-3H3. The molecule has 1 aromatic rings. The molecule has 0 saturated heterocycles. The summed E-state index contributed by atoms with van der Waals surface area (Å²) in [5.41, 5.74) is 0.647. The lowest BCUT2D eigenvalue weighted by molar-refractivity contribution is 0.234. The van der Waals surface area contributed by atoms with Crippen LogP contribution in [0.15, 0.2) is 12.3 Å². The predicted molar refractivity (Wildman–Crippen MR) is 56.3 cm³/mol. The van der Waals surface area contributed by atoms with Crippen molar-refractivity contribution < 1.29 is 4.74 Å². The van der Waals surface area contributed by atoms with Gasteiger partial charge >= 0.3 is 0 Å². The van der Waals surface area contributed by atoms with Crippen LogP contribution in [0.4, 0.5) is 0 Å². The Morgan fingerprint density at radius 2 is 2.20 bits per heavy atom. The first kappa shape index (κ1) is 11.4. The molecule has 0 fully saturated rings. The second-order valence-corrected chi connectivity index (χ2v) is 4.52. The minimum Gasteiger partial charge on any atom is -0.476 e. The summed E-state index contributed by atoms with van der Waals surface area (Å²) >= 11 is 0. The van der Waals surface area contributed by atoms with E-state index >= 15 is 0 Å². The van der Waals surface area contributed by atoms with Gasteiger partial charge in [-0.05, 0) is 17.9 Å². The number of hydrogen-bond acceptors (Lipinski definition) is 4. The van der Waals surface area contributed by atoms with Crippen LogP contribution >= 0.6 is 0 Å². The average Bonchev–Trinajstić information content (AvgIpc) is 2.16. The number of rotatable bonds is 3. The Morgan fingerprint density at radius 3 is 2.80 bits per heavy atom. The maximum atomic E-state index is 8.78. The fraction of sp³-hybridized carbons (Fsp3) is 0.545. The topological polar surface area (TPSA) is 58.8 Å². The van der Waals surface area contributed by atoms with Crippen LogP contribution < -0.4 is 4.74 Å². The lowest BCUT2D eigenvalue weighted by Gasteiger charge is -2.17. The van der Waals surface area contributed by atoms with Gasteiger partial charge in [0.1, 0.15) is 11.6 Å². The van der Waals surface area contributed by atoms with Crippen molar-refractivity contribution in [3.05, 3.63) is 17.8 Å². The first-order valence-electron chi connectivity index (χ1n) is 4.87. The minimum atomic E-state index is 0.217. The third-order valence-electron chi connectivity index (χ3n) is 1.90. The van der Waals surface area contributed by atoms with Crippen molar-refractivity contribution in [2.45, 2.75) is 27.2 Å². The summed E-state index contributed by atoms with van der Waals surface area (Å²) in [4.78, 5) is 0. The molecule has 4 heteroatoms. The molecular weight excluding hydrogens is 190 g/mol. The Bertz CT molecular complexity index is 363. The SMILES string of the molecule is CC(C)(C)CCOc1nnccc1C#N. The third kappa shape index (κ3) is 3.94. The molecule has 0 spiro atoms. The number of nitriles is 1. The summed E-state index contributed by atoms with van der Waals surface area (Å²) < 4.78 is 5.41. The molecule has 15 heavy (non-hydrogen) atoms. The lowest BCUT2D eigenvalue weighted by atomic mass is 9.93. The third-order valence-corrected chi connectivity index (χ3v) is 1.90. The quantitative estimate of drug-likeness (QED) is 0.758. The van der Waals surface area contributed by atoms with Crippen LogP contribution in [-0.4, -0.2) is 16.8 Å². The van der Waals surface area contributed by atoms with Crippen molar-refractivity contribution in [1.29, 1.82) is 5.26 Å². The molecule has 0 amide bonds. The van der Waals surface area contributed by atoms with Gasteiger partial charge in [0.15, 0.2) is 0 Å². The van der Waals surface area contributed by atoms with E-state index in [0.717, 1.165) is 6.42 Å². The Labute approximate surface area is 89.9 Å². The van der Waals surface area contributed by atoms with Gasteiger partial charge in [-0.2, -0.15) is 10.4 Å². The van der Waals surface area contributed by atoms with Gasteiger partial charge in [0.2, 0.25) is 0 Å². The molecule has 1 aromatic heterocycles. The maximum absolute atomic E-state index is 8.78. The zero-order chi connectivity index (χ0) is 11.3. The molecule has 0 saturated carbocycles. The summed E-state index contributed by atoms with van der Waals surface area (Å²) in [7, 11) is 0. The Balaban J connectivity index is 2.55. The minimum absolute atomic E-state index is 0.217. The molecule has 0 radical (unpaired) electrons. The van der Waals surface area contributed by atoms with Crippen LogP contribution in [0.25, 0.3) is 0 Å². The first-order chi connectivity index (χ1) is 7.03. The van der Waals surface area contributed by atoms with Gasteiger partial charge < -0.3 is 4.74 Å². The van der Waals surface area contributed by atoms with Crippen LogP contribution in [0.1, 0.15) is 32.8 Å². The average molecular weight is 205 g/mol. The molecule has 0 unspecified atom stereocenters. The van der Waals surface area contributed by atoms with E-state index in [2.05, 4.69) is 31.0 Å². The summed E-state index contributed by atoms with van der Waals surface area (Å²) in [6.45, 7) is 6.96. The molecule has 0 aromatic carbocycles. The van der Waals surface area contributed by atoms with Crippen molar-refractivity contribution in [2.24, 2.45) is 5.41 Å². The van der Waals surface area contributed by atoms with Gasteiger partial charge in [-0.1, -0.05) is 20.8 Å². The van der Waals surface area contributed by atoms with Crippen molar-refractivity contribution in [3.63, 3.8) is 0 Å². The van der Waals surface area contributed by atoms with E-state index in [1.807, 2.05) is 6.07 Å². The fourth-order valence-corrected chi connectivity index (χ4v) is 0.964. The second kappa shape index (κ2) is 4.74. The summed E-state index contributed by atoms with van der Waals surface area (Å²) in [5, 5.41) is 16.2. The van der Waals surface area contributed by atoms with Crippen molar-refractivity contribution in [1.82, 2.24) is 10.2 Å². The molecule has 4 nitrogen and oxygen atoms in total. The molecule has 0 atom stereocenters. The van der Waals surface area contributed by atoms with E-state index < -0.39 is 0 Å². The molecule has 80 valence electrons. The highest BCUT2D eigenvalue weighted by Gasteiger charge is 2.11. The van der Waals surface area contributed by atoms with E-state index in [4.69, 9.17) is 10.00 Å². The molecule has 0 bridgehead atoms. The molecule has 0 aliphatic carbocycles. The zero-order valence-corrected chi connectivity index (χ0v) is 9.32. The van der Waals surface area contributed by atoms with Crippen LogP contribution in [-0.2, 0) is 0 Å². The van der Waals surface area contributed by atoms with Gasteiger partial charge in [-0.15, -0.1) is 5.10 Å². The van der Waals surface area contributed by atoms with E-state index in [9.17, 15) is 0 Å². The molecule has 0 aliphatic rings. The summed E-state index contributed by atoms with van der Waals surface area (Å²) in [6, 6.07) is 3.61. The van der Waals surface area contributed by atoms with Crippen molar-refractivity contribution in [3.8, 4) is 11.9 Å². The van der Waals surface area contributed by atoms with Gasteiger partial charge in [-0.3, -0.25) is 0 Å². The van der Waals surface area contributed by atoms with Gasteiger partial charge in [-0.25, -0.2) is 0 Å². The zero-order valence-electron chi connectivity index (χ0n) is 9.32. The van der Waals surface area contributed by atoms with Crippen LogP contribution in [0.3, 0.4) is 0 Å². The van der Waals surface area contributed by atoms with Crippen molar-refractivity contribution in [2.75, 3.05) is 6.61 Å². The normalized spacial score (nSPS) is 10.8. The van der Waals surface area contributed by atoms with Gasteiger partial charge in [0.05, 0.1) is 12.8 Å². The van der Waals surface area contributed by atoms with Crippen molar-refractivity contribution >= 4 is 0 Å². The van der Waals surface area contributed by atoms with Crippen LogP contribution in [0, 0.1) is 16.7 Å². The Hall–Kier alpha value is -1.63. The lowest BCUT2D eigenvalue weighted by Crippen LogP contribution is -2.12. The van der Waals surface area contributed by atoms with Gasteiger partial charge in [0, 0.05) is 0 Å². The van der Waals surface area contributed by atoms with Crippen LogP contribution in [0.2, 0.25) is 0 Å².